The van der Waals surface area contributed by atoms with Crippen LogP contribution in [0.15, 0.2) is 54.8 Å². The highest BCUT2D eigenvalue weighted by molar-refractivity contribution is 6.30. The van der Waals surface area contributed by atoms with Gasteiger partial charge in [-0.05, 0) is 80.5 Å². The van der Waals surface area contributed by atoms with Crippen LogP contribution in [-0.2, 0) is 12.8 Å². The number of hydrogen-bond acceptors (Lipinski definition) is 5. The van der Waals surface area contributed by atoms with Crippen LogP contribution in [0, 0.1) is 39.4 Å². The number of aryl methyl sites for hydroxylation is 3. The van der Waals surface area contributed by atoms with Crippen molar-refractivity contribution in [3.05, 3.63) is 94.2 Å². The summed E-state index contributed by atoms with van der Waals surface area (Å²) in [4.78, 5) is 12.8. The zero-order chi connectivity index (χ0) is 29.1. The average Bonchev–Trinajstić information content (AvgIpc) is 2.92. The third kappa shape index (κ3) is 11.1. The fraction of sp³-hybridized carbons (Fsp3) is 0.323. The van der Waals surface area contributed by atoms with Crippen molar-refractivity contribution in [2.24, 2.45) is 4.99 Å². The zero-order valence-electron chi connectivity index (χ0n) is 23.4. The van der Waals surface area contributed by atoms with Crippen molar-refractivity contribution in [1.82, 2.24) is 9.97 Å². The average molecular weight is 539 g/mol. The Bertz CT molecular complexity index is 1180. The van der Waals surface area contributed by atoms with Crippen LogP contribution in [0.3, 0.4) is 0 Å². The quantitative estimate of drug-likeness (QED) is 0.182. The predicted molar refractivity (Wildman–Crippen MR) is 161 cm³/mol. The van der Waals surface area contributed by atoms with Crippen molar-refractivity contribution < 1.29 is 9.13 Å². The molecule has 1 aromatic carbocycles. The minimum Gasteiger partial charge on any atom is -0.481 e. The van der Waals surface area contributed by atoms with E-state index >= 15 is 0 Å². The Morgan fingerprint density at radius 1 is 1.08 bits per heavy atom. The number of terminal acetylenes is 1. The lowest BCUT2D eigenvalue weighted by Crippen LogP contribution is -2.03. The van der Waals surface area contributed by atoms with E-state index in [0.29, 0.717) is 17.3 Å². The zero-order valence-corrected chi connectivity index (χ0v) is 24.2. The number of aromatic nitrogens is 2. The van der Waals surface area contributed by atoms with Crippen molar-refractivity contribution in [2.45, 2.75) is 47.0 Å². The van der Waals surface area contributed by atoms with E-state index in [0.717, 1.165) is 58.6 Å². The first kappa shape index (κ1) is 34.3. The van der Waals surface area contributed by atoms with E-state index in [-0.39, 0.29) is 5.82 Å². The molecule has 38 heavy (non-hydrogen) atoms. The molecule has 0 saturated carbocycles. The van der Waals surface area contributed by atoms with Gasteiger partial charge in [-0.3, -0.25) is 9.98 Å². The number of rotatable bonds is 8. The Hall–Kier alpha value is -3.69. The molecule has 204 valence electrons. The van der Waals surface area contributed by atoms with Crippen molar-refractivity contribution >= 4 is 23.5 Å². The summed E-state index contributed by atoms with van der Waals surface area (Å²) in [6, 6.07) is 7.25. The maximum atomic E-state index is 14.1. The summed E-state index contributed by atoms with van der Waals surface area (Å²) in [5.41, 5.74) is 6.81. The molecule has 0 amide bonds. The number of anilines is 1. The first-order chi connectivity index (χ1) is 18.3. The van der Waals surface area contributed by atoms with Gasteiger partial charge in [0.25, 0.3) is 0 Å². The van der Waals surface area contributed by atoms with E-state index in [2.05, 4.69) is 59.3 Å². The SMILES string of the molecule is C#C.C=C.CCCN=Cc1ncc(CCc2c(F)ccc(NC)c2C)cc1C.COc1ncc(Cl)cc1C. The number of halogens is 2. The highest BCUT2D eigenvalue weighted by Gasteiger charge is 2.10. The number of ether oxygens (including phenoxy) is 1. The van der Waals surface area contributed by atoms with Crippen LogP contribution in [0.1, 0.15) is 46.9 Å². The van der Waals surface area contributed by atoms with Crippen LogP contribution in [-0.4, -0.2) is 36.9 Å². The van der Waals surface area contributed by atoms with Crippen LogP contribution in [0.25, 0.3) is 0 Å². The Morgan fingerprint density at radius 2 is 1.76 bits per heavy atom. The van der Waals surface area contributed by atoms with Gasteiger partial charge in [-0.25, -0.2) is 9.37 Å². The van der Waals surface area contributed by atoms with Gasteiger partial charge < -0.3 is 10.1 Å². The lowest BCUT2D eigenvalue weighted by atomic mass is 9.98. The van der Waals surface area contributed by atoms with Crippen molar-refractivity contribution in [3.63, 3.8) is 0 Å². The van der Waals surface area contributed by atoms with Crippen molar-refractivity contribution in [2.75, 3.05) is 26.0 Å². The summed E-state index contributed by atoms with van der Waals surface area (Å²) in [6.07, 6.45) is 15.7. The summed E-state index contributed by atoms with van der Waals surface area (Å²) in [5, 5.41) is 3.75. The van der Waals surface area contributed by atoms with Gasteiger partial charge in [-0.1, -0.05) is 24.6 Å². The van der Waals surface area contributed by atoms with E-state index in [9.17, 15) is 4.39 Å². The maximum Gasteiger partial charge on any atom is 0.216 e. The molecule has 3 aromatic rings. The molecule has 0 saturated heterocycles. The van der Waals surface area contributed by atoms with Crippen LogP contribution in [0.5, 0.6) is 5.88 Å². The monoisotopic (exact) mass is 538 g/mol. The highest BCUT2D eigenvalue weighted by atomic mass is 35.5. The number of nitrogens with zero attached hydrogens (tertiary/aromatic N) is 3. The molecule has 0 bridgehead atoms. The van der Waals surface area contributed by atoms with Crippen LogP contribution >= 0.6 is 11.6 Å². The van der Waals surface area contributed by atoms with Gasteiger partial charge in [0.15, 0.2) is 0 Å². The number of pyridine rings is 2. The Labute approximate surface area is 233 Å². The first-order valence-electron chi connectivity index (χ1n) is 12.2. The second-order valence-corrected chi connectivity index (χ2v) is 8.45. The van der Waals surface area contributed by atoms with Gasteiger partial charge in [0.1, 0.15) is 5.82 Å². The molecule has 2 aromatic heterocycles. The molecule has 5 nitrogen and oxygen atoms in total. The summed E-state index contributed by atoms with van der Waals surface area (Å²) < 4.78 is 19.1. The topological polar surface area (TPSA) is 59.4 Å². The second kappa shape index (κ2) is 19.4. The molecule has 0 aliphatic carbocycles. The standard InChI is InChI=1S/C20H26FN3.C7H8ClNO.C2H4.C2H2/c1-5-10-23-13-20-14(2)11-16(12-24-20)6-7-17-15(3)19(22-4)9-8-18(17)21;1-5-3-6(8)4-9-7(5)10-2;2*1-2/h8-9,11-13,22H,5-7,10H2,1-4H3;3-4H,1-2H3;1-2H2;1-2H. The molecule has 0 unspecified atom stereocenters. The maximum absolute atomic E-state index is 14.1. The predicted octanol–water partition coefficient (Wildman–Crippen LogP) is 7.60. The Kier molecular flexibility index (Phi) is 17.5. The van der Waals surface area contributed by atoms with E-state index in [4.69, 9.17) is 16.3 Å². The molecule has 0 fully saturated rings. The molecule has 0 atom stereocenters. The first-order valence-corrected chi connectivity index (χ1v) is 12.6. The minimum atomic E-state index is -0.139. The van der Waals surface area contributed by atoms with Crippen LogP contribution < -0.4 is 10.1 Å². The van der Waals surface area contributed by atoms with Crippen molar-refractivity contribution in [1.29, 1.82) is 0 Å². The van der Waals surface area contributed by atoms with Gasteiger partial charge in [-0.15, -0.1) is 26.0 Å². The van der Waals surface area contributed by atoms with E-state index in [1.54, 1.807) is 19.4 Å². The minimum absolute atomic E-state index is 0.139. The van der Waals surface area contributed by atoms with Crippen LogP contribution in [0.2, 0.25) is 5.02 Å². The van der Waals surface area contributed by atoms with Gasteiger partial charge >= 0.3 is 0 Å². The highest BCUT2D eigenvalue weighted by Crippen LogP contribution is 2.23. The lowest BCUT2D eigenvalue weighted by Gasteiger charge is -2.12. The van der Waals surface area contributed by atoms with E-state index in [1.807, 2.05) is 46.3 Å². The molecule has 0 spiro atoms. The molecule has 7 heteroatoms. The number of nitrogens with one attached hydrogen (secondary N) is 1. The molecule has 2 heterocycles. The van der Waals surface area contributed by atoms with Gasteiger partial charge in [0.05, 0.1) is 17.8 Å². The number of hydrogen-bond donors (Lipinski definition) is 1. The third-order valence-corrected chi connectivity index (χ3v) is 5.61. The largest absolute Gasteiger partial charge is 0.481 e. The summed E-state index contributed by atoms with van der Waals surface area (Å²) in [7, 11) is 3.44. The van der Waals surface area contributed by atoms with Gasteiger partial charge in [-0.2, -0.15) is 0 Å². The second-order valence-electron chi connectivity index (χ2n) is 8.01. The normalized spacial score (nSPS) is 9.74. The third-order valence-electron chi connectivity index (χ3n) is 5.41. The summed E-state index contributed by atoms with van der Waals surface area (Å²) in [6.45, 7) is 14.8. The Morgan fingerprint density at radius 3 is 2.32 bits per heavy atom. The lowest BCUT2D eigenvalue weighted by molar-refractivity contribution is 0.394. The smallest absolute Gasteiger partial charge is 0.216 e. The van der Waals surface area contributed by atoms with Gasteiger partial charge in [0, 0.05) is 43.5 Å². The van der Waals surface area contributed by atoms with Gasteiger partial charge in [0.2, 0.25) is 5.88 Å². The number of benzene rings is 1. The molecular weight excluding hydrogens is 499 g/mol. The molecule has 3 rings (SSSR count). The Balaban J connectivity index is 0.000000813. The summed E-state index contributed by atoms with van der Waals surface area (Å²) >= 11 is 5.66. The molecular formula is C31H40ClFN4O. The van der Waals surface area contributed by atoms with Crippen LogP contribution in [0.4, 0.5) is 10.1 Å². The molecule has 0 aliphatic rings. The molecule has 0 aliphatic heterocycles. The molecule has 1 N–H and O–H groups in total. The molecule has 0 radical (unpaired) electrons. The van der Waals surface area contributed by atoms with E-state index < -0.39 is 0 Å². The fourth-order valence-corrected chi connectivity index (χ4v) is 3.72. The number of methoxy groups -OCH3 is 1. The van der Waals surface area contributed by atoms with Crippen molar-refractivity contribution in [3.8, 4) is 18.7 Å². The summed E-state index contributed by atoms with van der Waals surface area (Å²) in [5.74, 6) is 0.490. The number of aliphatic imine (C=N–C) groups is 1. The fourth-order valence-electron chi connectivity index (χ4n) is 3.51. The van der Waals surface area contributed by atoms with E-state index in [1.165, 1.54) is 6.07 Å².